The van der Waals surface area contributed by atoms with Crippen molar-refractivity contribution in [2.24, 2.45) is 0 Å². The lowest BCUT2D eigenvalue weighted by Crippen LogP contribution is -2.66. The summed E-state index contributed by atoms with van der Waals surface area (Å²) in [6, 6.07) is 3.08. The molecule has 31 heavy (non-hydrogen) atoms. The van der Waals surface area contributed by atoms with E-state index in [0.29, 0.717) is 36.8 Å². The Kier molecular flexibility index (Phi) is 7.25. The van der Waals surface area contributed by atoms with E-state index in [0.717, 1.165) is 31.2 Å². The molecule has 2 saturated heterocycles. The molecule has 9 heteroatoms. The van der Waals surface area contributed by atoms with Crippen LogP contribution in [0.3, 0.4) is 0 Å². The van der Waals surface area contributed by atoms with Gasteiger partial charge in [0, 0.05) is 13.1 Å². The third-order valence-corrected chi connectivity index (χ3v) is 5.98. The fraction of sp³-hybridized carbons (Fsp3) is 0.591. The summed E-state index contributed by atoms with van der Waals surface area (Å²) in [5, 5.41) is 0. The van der Waals surface area contributed by atoms with Crippen molar-refractivity contribution in [2.75, 3.05) is 41.5 Å². The summed E-state index contributed by atoms with van der Waals surface area (Å²) >= 11 is 0. The van der Waals surface area contributed by atoms with Crippen LogP contribution in [0.15, 0.2) is 12.1 Å². The van der Waals surface area contributed by atoms with Gasteiger partial charge in [0.1, 0.15) is 6.04 Å². The first-order valence-corrected chi connectivity index (χ1v) is 10.4. The number of piperidine rings is 1. The molecule has 1 aromatic rings. The van der Waals surface area contributed by atoms with E-state index >= 15 is 0 Å². The van der Waals surface area contributed by atoms with E-state index in [1.807, 2.05) is 17.0 Å². The summed E-state index contributed by atoms with van der Waals surface area (Å²) in [5.74, 6) is -0.000734. The monoisotopic (exact) mass is 434 g/mol. The molecule has 0 saturated carbocycles. The highest BCUT2D eigenvalue weighted by Gasteiger charge is 2.46. The average molecular weight is 434 g/mol. The lowest BCUT2D eigenvalue weighted by Gasteiger charge is -2.48. The molecule has 9 nitrogen and oxygen atoms in total. The number of nitrogens with zero attached hydrogens (tertiary/aromatic N) is 2. The number of benzene rings is 1. The van der Waals surface area contributed by atoms with E-state index in [-0.39, 0.29) is 11.9 Å². The van der Waals surface area contributed by atoms with Crippen molar-refractivity contribution < 1.29 is 33.3 Å². The van der Waals surface area contributed by atoms with Crippen LogP contribution in [0.2, 0.25) is 0 Å². The zero-order valence-corrected chi connectivity index (χ0v) is 18.5. The summed E-state index contributed by atoms with van der Waals surface area (Å²) in [6.07, 6.45) is 3.68. The van der Waals surface area contributed by atoms with E-state index in [4.69, 9.17) is 14.2 Å². The highest BCUT2D eigenvalue weighted by atomic mass is 16.5. The van der Waals surface area contributed by atoms with Crippen molar-refractivity contribution >= 4 is 17.8 Å². The summed E-state index contributed by atoms with van der Waals surface area (Å²) in [7, 11) is 5.89. The molecule has 2 atom stereocenters. The third-order valence-electron chi connectivity index (χ3n) is 5.98. The third kappa shape index (κ3) is 4.55. The quantitative estimate of drug-likeness (QED) is 0.473. The SMILES string of the molecule is COC(=O)C(=O)N1C2CCCC1C(=O)N(CCCc1cc(OC)c(OC)c(OC)c1)C2. The predicted molar refractivity (Wildman–Crippen MR) is 111 cm³/mol. The number of aryl methyl sites for hydroxylation is 1. The molecule has 2 aliphatic heterocycles. The average Bonchev–Trinajstić information content (AvgIpc) is 2.80. The molecule has 2 amide bonds. The highest BCUT2D eigenvalue weighted by molar-refractivity contribution is 6.33. The smallest absolute Gasteiger partial charge is 0.396 e. The number of rotatable bonds is 7. The molecule has 3 rings (SSSR count). The number of piperazine rings is 1. The first-order valence-electron chi connectivity index (χ1n) is 10.4. The van der Waals surface area contributed by atoms with Crippen LogP contribution in [-0.4, -0.2) is 81.2 Å². The predicted octanol–water partition coefficient (Wildman–Crippen LogP) is 1.41. The van der Waals surface area contributed by atoms with E-state index < -0.39 is 17.9 Å². The summed E-state index contributed by atoms with van der Waals surface area (Å²) in [6.45, 7) is 1.01. The van der Waals surface area contributed by atoms with Gasteiger partial charge in [-0.25, -0.2) is 4.79 Å². The number of carbonyl (C=O) groups excluding carboxylic acids is 3. The fourth-order valence-corrected chi connectivity index (χ4v) is 4.51. The van der Waals surface area contributed by atoms with Crippen LogP contribution in [0.25, 0.3) is 0 Å². The number of likely N-dealkylation sites (tertiary alicyclic amines) is 1. The van der Waals surface area contributed by atoms with Crippen molar-refractivity contribution in [1.82, 2.24) is 9.80 Å². The lowest BCUT2D eigenvalue weighted by atomic mass is 9.90. The number of hydrogen-bond acceptors (Lipinski definition) is 7. The molecular weight excluding hydrogens is 404 g/mol. The summed E-state index contributed by atoms with van der Waals surface area (Å²) in [4.78, 5) is 40.4. The van der Waals surface area contributed by atoms with Crippen LogP contribution in [-0.2, 0) is 25.5 Å². The Morgan fingerprint density at radius 2 is 1.71 bits per heavy atom. The van der Waals surface area contributed by atoms with Crippen LogP contribution >= 0.6 is 0 Å². The Morgan fingerprint density at radius 3 is 2.29 bits per heavy atom. The summed E-state index contributed by atoms with van der Waals surface area (Å²) in [5.41, 5.74) is 1.02. The first-order chi connectivity index (χ1) is 14.9. The zero-order valence-electron chi connectivity index (χ0n) is 18.5. The number of ether oxygens (including phenoxy) is 4. The van der Waals surface area contributed by atoms with Crippen molar-refractivity contribution in [1.29, 1.82) is 0 Å². The maximum absolute atomic E-state index is 13.0. The van der Waals surface area contributed by atoms with Crippen LogP contribution in [0.1, 0.15) is 31.2 Å². The maximum Gasteiger partial charge on any atom is 0.396 e. The zero-order chi connectivity index (χ0) is 22.5. The fourth-order valence-electron chi connectivity index (χ4n) is 4.51. The highest BCUT2D eigenvalue weighted by Crippen LogP contribution is 2.38. The molecule has 2 bridgehead atoms. The largest absolute Gasteiger partial charge is 0.493 e. The van der Waals surface area contributed by atoms with Gasteiger partial charge in [-0.2, -0.15) is 0 Å². The molecule has 0 spiro atoms. The molecule has 0 N–H and O–H groups in total. The maximum atomic E-state index is 13.0. The van der Waals surface area contributed by atoms with Crippen molar-refractivity contribution in [3.63, 3.8) is 0 Å². The van der Waals surface area contributed by atoms with Crippen molar-refractivity contribution in [3.8, 4) is 17.2 Å². The van der Waals surface area contributed by atoms with Gasteiger partial charge in [0.2, 0.25) is 11.7 Å². The van der Waals surface area contributed by atoms with E-state index in [1.165, 1.54) is 12.0 Å². The number of fused-ring (bicyclic) bond motifs is 2. The van der Waals surface area contributed by atoms with Crippen LogP contribution < -0.4 is 14.2 Å². The number of hydrogen-bond donors (Lipinski definition) is 0. The first kappa shape index (κ1) is 22.7. The minimum atomic E-state index is -0.916. The molecule has 2 unspecified atom stereocenters. The van der Waals surface area contributed by atoms with E-state index in [9.17, 15) is 14.4 Å². The Hall–Kier alpha value is -2.97. The van der Waals surface area contributed by atoms with Crippen LogP contribution in [0.4, 0.5) is 0 Å². The number of methoxy groups -OCH3 is 4. The summed E-state index contributed by atoms with van der Waals surface area (Å²) < 4.78 is 20.7. The minimum Gasteiger partial charge on any atom is -0.493 e. The molecule has 0 aromatic heterocycles. The van der Waals surface area contributed by atoms with E-state index in [1.54, 1.807) is 21.3 Å². The Labute approximate surface area is 182 Å². The Morgan fingerprint density at radius 1 is 1.03 bits per heavy atom. The van der Waals surface area contributed by atoms with Crippen LogP contribution in [0.5, 0.6) is 17.2 Å². The normalized spacial score (nSPS) is 20.3. The van der Waals surface area contributed by atoms with Crippen molar-refractivity contribution in [2.45, 2.75) is 44.2 Å². The molecule has 0 aliphatic carbocycles. The minimum absolute atomic E-state index is 0.0990. The van der Waals surface area contributed by atoms with E-state index in [2.05, 4.69) is 4.74 Å². The van der Waals surface area contributed by atoms with Gasteiger partial charge in [-0.3, -0.25) is 9.59 Å². The van der Waals surface area contributed by atoms with Gasteiger partial charge >= 0.3 is 11.9 Å². The topological polar surface area (TPSA) is 94.6 Å². The second-order valence-corrected chi connectivity index (χ2v) is 7.73. The van der Waals surface area contributed by atoms with Gasteiger partial charge in [0.25, 0.3) is 0 Å². The van der Waals surface area contributed by atoms with Gasteiger partial charge < -0.3 is 28.7 Å². The van der Waals surface area contributed by atoms with Gasteiger partial charge in [0.05, 0.1) is 34.5 Å². The Balaban J connectivity index is 1.65. The molecule has 2 aliphatic rings. The molecule has 0 radical (unpaired) electrons. The van der Waals surface area contributed by atoms with Gasteiger partial charge in [0.15, 0.2) is 11.5 Å². The van der Waals surface area contributed by atoms with Crippen molar-refractivity contribution in [3.05, 3.63) is 17.7 Å². The van der Waals surface area contributed by atoms with Gasteiger partial charge in [-0.05, 0) is 49.8 Å². The molecule has 2 heterocycles. The molecule has 170 valence electrons. The molecule has 1 aromatic carbocycles. The standard InChI is InChI=1S/C22H30N2O7/c1-28-17-11-14(12-18(29-2)19(17)30-3)7-6-10-23-13-15-8-5-9-16(20(23)25)24(15)21(26)22(27)31-4/h11-12,15-16H,5-10,13H2,1-4H3. The number of carbonyl (C=O) groups is 3. The second-order valence-electron chi connectivity index (χ2n) is 7.73. The number of amides is 2. The molecular formula is C22H30N2O7. The van der Waals surface area contributed by atoms with Crippen LogP contribution in [0, 0.1) is 0 Å². The lowest BCUT2D eigenvalue weighted by molar-refractivity contribution is -0.169. The molecule has 2 fully saturated rings. The Bertz CT molecular complexity index is 816. The van der Waals surface area contributed by atoms with Gasteiger partial charge in [-0.15, -0.1) is 0 Å². The second kappa shape index (κ2) is 9.89. The number of esters is 1. The van der Waals surface area contributed by atoms with Gasteiger partial charge in [-0.1, -0.05) is 0 Å².